The van der Waals surface area contributed by atoms with Crippen molar-refractivity contribution in [3.8, 4) is 0 Å². The first-order valence-corrected chi connectivity index (χ1v) is 10.6. The fourth-order valence-electron chi connectivity index (χ4n) is 4.27. The number of nitrogens with zero attached hydrogens (tertiary/aromatic N) is 1. The van der Waals surface area contributed by atoms with Gasteiger partial charge in [0.1, 0.15) is 5.54 Å². The zero-order valence-electron chi connectivity index (χ0n) is 17.2. The van der Waals surface area contributed by atoms with Gasteiger partial charge in [0, 0.05) is 29.8 Å². The third-order valence-corrected chi connectivity index (χ3v) is 5.99. The minimum Gasteiger partial charge on any atom is -0.352 e. The number of benzene rings is 2. The van der Waals surface area contributed by atoms with Crippen LogP contribution < -0.4 is 10.6 Å². The Morgan fingerprint density at radius 2 is 1.52 bits per heavy atom. The van der Waals surface area contributed by atoms with Crippen molar-refractivity contribution in [1.29, 1.82) is 0 Å². The zero-order valence-corrected chi connectivity index (χ0v) is 17.2. The molecule has 0 bridgehead atoms. The summed E-state index contributed by atoms with van der Waals surface area (Å²) in [5.41, 5.74) is 0.866. The molecule has 0 unspecified atom stereocenters. The molecular formula is C24H25N3O4. The largest absolute Gasteiger partial charge is 0.352 e. The van der Waals surface area contributed by atoms with Crippen molar-refractivity contribution >= 4 is 23.6 Å². The molecular weight excluding hydrogens is 394 g/mol. The van der Waals surface area contributed by atoms with Crippen molar-refractivity contribution in [1.82, 2.24) is 15.5 Å². The van der Waals surface area contributed by atoms with Gasteiger partial charge < -0.3 is 10.6 Å². The van der Waals surface area contributed by atoms with Crippen LogP contribution in [0.25, 0.3) is 0 Å². The Bertz CT molecular complexity index is 995. The summed E-state index contributed by atoms with van der Waals surface area (Å²) in [5.74, 6) is -0.496. The first-order chi connectivity index (χ1) is 15.0. The second kappa shape index (κ2) is 8.71. The lowest BCUT2D eigenvalue weighted by Gasteiger charge is -2.20. The first kappa shape index (κ1) is 20.8. The summed E-state index contributed by atoms with van der Waals surface area (Å²) in [6.07, 6.45) is 3.78. The summed E-state index contributed by atoms with van der Waals surface area (Å²) >= 11 is 0. The molecule has 2 fully saturated rings. The third-order valence-electron chi connectivity index (χ3n) is 5.99. The van der Waals surface area contributed by atoms with Crippen LogP contribution in [0, 0.1) is 0 Å². The van der Waals surface area contributed by atoms with E-state index in [1.54, 1.807) is 36.4 Å². The molecule has 1 saturated carbocycles. The molecule has 4 rings (SSSR count). The summed E-state index contributed by atoms with van der Waals surface area (Å²) in [6, 6.07) is 15.1. The Kier molecular flexibility index (Phi) is 5.84. The predicted molar refractivity (Wildman–Crippen MR) is 115 cm³/mol. The molecule has 0 radical (unpaired) electrons. The van der Waals surface area contributed by atoms with E-state index in [2.05, 4.69) is 10.6 Å². The van der Waals surface area contributed by atoms with E-state index >= 15 is 0 Å². The average molecular weight is 419 g/mol. The maximum atomic E-state index is 12.6. The highest BCUT2D eigenvalue weighted by atomic mass is 16.2. The van der Waals surface area contributed by atoms with Gasteiger partial charge in [-0.15, -0.1) is 0 Å². The Morgan fingerprint density at radius 1 is 0.903 bits per heavy atom. The van der Waals surface area contributed by atoms with Crippen molar-refractivity contribution in [3.05, 3.63) is 71.3 Å². The maximum Gasteiger partial charge on any atom is 0.325 e. The lowest BCUT2D eigenvalue weighted by atomic mass is 9.98. The summed E-state index contributed by atoms with van der Waals surface area (Å²) in [5, 5.41) is 5.65. The van der Waals surface area contributed by atoms with Gasteiger partial charge in [0.15, 0.2) is 5.78 Å². The van der Waals surface area contributed by atoms with Gasteiger partial charge in [-0.05, 0) is 31.4 Å². The van der Waals surface area contributed by atoms with E-state index < -0.39 is 5.54 Å². The van der Waals surface area contributed by atoms with Crippen LogP contribution in [0.5, 0.6) is 0 Å². The van der Waals surface area contributed by atoms with Gasteiger partial charge in [-0.3, -0.25) is 19.3 Å². The molecule has 7 nitrogen and oxygen atoms in total. The van der Waals surface area contributed by atoms with Crippen molar-refractivity contribution in [2.75, 3.05) is 13.1 Å². The van der Waals surface area contributed by atoms with E-state index in [-0.39, 0.29) is 30.2 Å². The molecule has 2 aromatic rings. The standard InChI is InChI=1S/C24H25N3O4/c28-20(17-7-2-1-3-8-17)18-9-11-19(12-10-18)21(29)25-15-6-16-27-22(30)24(26-23(27)31)13-4-5-14-24/h1-3,7-12H,4-6,13-16H2,(H,25,29)(H,26,31). The van der Waals surface area contributed by atoms with Crippen molar-refractivity contribution < 1.29 is 19.2 Å². The fourth-order valence-corrected chi connectivity index (χ4v) is 4.27. The van der Waals surface area contributed by atoms with E-state index in [0.29, 0.717) is 42.5 Å². The summed E-state index contributed by atoms with van der Waals surface area (Å²) in [6.45, 7) is 0.616. The number of hydrogen-bond acceptors (Lipinski definition) is 4. The van der Waals surface area contributed by atoms with E-state index in [9.17, 15) is 19.2 Å². The van der Waals surface area contributed by atoms with Crippen molar-refractivity contribution in [2.45, 2.75) is 37.6 Å². The van der Waals surface area contributed by atoms with Crippen LogP contribution in [0.15, 0.2) is 54.6 Å². The monoisotopic (exact) mass is 419 g/mol. The number of ketones is 1. The number of hydrogen-bond donors (Lipinski definition) is 2. The van der Waals surface area contributed by atoms with Crippen LogP contribution in [0.3, 0.4) is 0 Å². The number of imide groups is 1. The average Bonchev–Trinajstić information content (AvgIpc) is 3.36. The number of carbonyl (C=O) groups excluding carboxylic acids is 4. The Balaban J connectivity index is 1.26. The zero-order chi connectivity index (χ0) is 21.8. The van der Waals surface area contributed by atoms with Crippen LogP contribution in [-0.2, 0) is 4.79 Å². The summed E-state index contributed by atoms with van der Waals surface area (Å²) < 4.78 is 0. The van der Waals surface area contributed by atoms with Gasteiger partial charge in [-0.1, -0.05) is 55.3 Å². The Labute approximate surface area is 180 Å². The Hall–Kier alpha value is -3.48. The summed E-state index contributed by atoms with van der Waals surface area (Å²) in [4.78, 5) is 50.8. The van der Waals surface area contributed by atoms with Crippen LogP contribution in [0.4, 0.5) is 4.79 Å². The van der Waals surface area contributed by atoms with Gasteiger partial charge in [-0.2, -0.15) is 0 Å². The van der Waals surface area contributed by atoms with Gasteiger partial charge in [0.05, 0.1) is 0 Å². The van der Waals surface area contributed by atoms with Crippen LogP contribution in [0.1, 0.15) is 58.4 Å². The van der Waals surface area contributed by atoms with Gasteiger partial charge >= 0.3 is 6.03 Å². The minimum atomic E-state index is -0.695. The van der Waals surface area contributed by atoms with Crippen LogP contribution >= 0.6 is 0 Å². The van der Waals surface area contributed by atoms with E-state index in [0.717, 1.165) is 12.8 Å². The molecule has 160 valence electrons. The topological polar surface area (TPSA) is 95.6 Å². The highest BCUT2D eigenvalue weighted by Crippen LogP contribution is 2.34. The second-order valence-electron chi connectivity index (χ2n) is 8.06. The molecule has 2 N–H and O–H groups in total. The number of amides is 4. The second-order valence-corrected chi connectivity index (χ2v) is 8.06. The molecule has 0 atom stereocenters. The van der Waals surface area contributed by atoms with E-state index in [1.165, 1.54) is 4.90 Å². The predicted octanol–water partition coefficient (Wildman–Crippen LogP) is 2.90. The normalized spacial score (nSPS) is 17.1. The third kappa shape index (κ3) is 4.21. The van der Waals surface area contributed by atoms with Gasteiger partial charge in [-0.25, -0.2) is 4.79 Å². The molecule has 4 amide bonds. The lowest BCUT2D eigenvalue weighted by Crippen LogP contribution is -2.44. The smallest absolute Gasteiger partial charge is 0.325 e. The van der Waals surface area contributed by atoms with E-state index in [1.807, 2.05) is 18.2 Å². The molecule has 1 aliphatic carbocycles. The Morgan fingerprint density at radius 3 is 2.19 bits per heavy atom. The van der Waals surface area contributed by atoms with Gasteiger partial charge in [0.25, 0.3) is 11.8 Å². The summed E-state index contributed by atoms with van der Waals surface area (Å²) in [7, 11) is 0. The fraction of sp³-hybridized carbons (Fsp3) is 0.333. The number of urea groups is 1. The van der Waals surface area contributed by atoms with Crippen molar-refractivity contribution in [2.24, 2.45) is 0 Å². The minimum absolute atomic E-state index is 0.0962. The lowest BCUT2D eigenvalue weighted by molar-refractivity contribution is -0.131. The maximum absolute atomic E-state index is 12.6. The molecule has 0 aromatic heterocycles. The number of nitrogens with one attached hydrogen (secondary N) is 2. The SMILES string of the molecule is O=C(NCCCN1C(=O)NC2(CCCC2)C1=O)c1ccc(C(=O)c2ccccc2)cc1. The molecule has 7 heteroatoms. The quantitative estimate of drug-likeness (QED) is 0.410. The highest BCUT2D eigenvalue weighted by Gasteiger charge is 2.51. The number of rotatable bonds is 7. The van der Waals surface area contributed by atoms with Gasteiger partial charge in [0.2, 0.25) is 0 Å². The van der Waals surface area contributed by atoms with Crippen LogP contribution in [0.2, 0.25) is 0 Å². The van der Waals surface area contributed by atoms with E-state index in [4.69, 9.17) is 0 Å². The molecule has 31 heavy (non-hydrogen) atoms. The molecule has 2 aliphatic rings. The molecule has 1 saturated heterocycles. The first-order valence-electron chi connectivity index (χ1n) is 10.6. The molecule has 1 heterocycles. The highest BCUT2D eigenvalue weighted by molar-refractivity contribution is 6.09. The molecule has 1 aliphatic heterocycles. The van der Waals surface area contributed by atoms with Crippen LogP contribution in [-0.4, -0.2) is 47.2 Å². The van der Waals surface area contributed by atoms with Crippen molar-refractivity contribution in [3.63, 3.8) is 0 Å². The molecule has 2 aromatic carbocycles. The molecule has 1 spiro atoms. The number of carbonyl (C=O) groups is 4.